The van der Waals surface area contributed by atoms with E-state index in [1.165, 1.54) is 44.9 Å². The molecule has 0 aliphatic heterocycles. The van der Waals surface area contributed by atoms with Crippen molar-refractivity contribution in [3.8, 4) is 0 Å². The summed E-state index contributed by atoms with van der Waals surface area (Å²) >= 11 is 0. The third kappa shape index (κ3) is 3.57. The van der Waals surface area contributed by atoms with E-state index >= 15 is 0 Å². The predicted molar refractivity (Wildman–Crippen MR) is 123 cm³/mol. The Labute approximate surface area is 180 Å². The van der Waals surface area contributed by atoms with Crippen molar-refractivity contribution in [3.05, 3.63) is 12.2 Å². The Morgan fingerprint density at radius 1 is 0.862 bits per heavy atom. The Balaban J connectivity index is 1.51. The first-order valence-electron chi connectivity index (χ1n) is 12.9. The number of Topliss-reactive ketones (excluding diaryl/α,β-unsaturated/α-hetero) is 1. The first-order valence-corrected chi connectivity index (χ1v) is 12.9. The molecule has 4 saturated carbocycles. The van der Waals surface area contributed by atoms with Crippen LogP contribution in [0.2, 0.25) is 0 Å². The normalized spacial score (nSPS) is 47.0. The molecule has 0 saturated heterocycles. The van der Waals surface area contributed by atoms with E-state index in [0.717, 1.165) is 42.4 Å². The average molecular weight is 399 g/mol. The number of carbonyl (C=O) groups is 1. The molecule has 0 amide bonds. The minimum Gasteiger partial charge on any atom is -0.300 e. The van der Waals surface area contributed by atoms with Gasteiger partial charge in [0.25, 0.3) is 0 Å². The van der Waals surface area contributed by atoms with E-state index in [-0.39, 0.29) is 0 Å². The molecule has 1 nitrogen and oxygen atoms in total. The Kier molecular flexibility index (Phi) is 5.84. The van der Waals surface area contributed by atoms with Crippen molar-refractivity contribution in [2.45, 2.75) is 99.3 Å². The van der Waals surface area contributed by atoms with Crippen LogP contribution in [0.25, 0.3) is 0 Å². The van der Waals surface area contributed by atoms with Gasteiger partial charge in [-0.3, -0.25) is 4.79 Å². The number of fused-ring (bicyclic) bond motifs is 5. The summed E-state index contributed by atoms with van der Waals surface area (Å²) < 4.78 is 0. The highest BCUT2D eigenvalue weighted by Gasteiger charge is 2.60. The lowest BCUT2D eigenvalue weighted by atomic mass is 9.44. The molecule has 4 fully saturated rings. The van der Waals surface area contributed by atoms with E-state index < -0.39 is 0 Å². The Morgan fingerprint density at radius 3 is 2.31 bits per heavy atom. The van der Waals surface area contributed by atoms with Crippen LogP contribution in [0.4, 0.5) is 0 Å². The number of carbonyl (C=O) groups excluding carboxylic acids is 1. The average Bonchev–Trinajstić information content (AvgIpc) is 3.03. The summed E-state index contributed by atoms with van der Waals surface area (Å²) in [4.78, 5) is 12.1. The molecule has 0 aromatic rings. The first-order chi connectivity index (χ1) is 13.7. The molecule has 0 N–H and O–H groups in total. The molecule has 4 aliphatic rings. The van der Waals surface area contributed by atoms with Gasteiger partial charge in [0.2, 0.25) is 0 Å². The summed E-state index contributed by atoms with van der Waals surface area (Å²) in [6, 6.07) is 0. The van der Waals surface area contributed by atoms with Crippen LogP contribution in [0, 0.1) is 58.2 Å². The van der Waals surface area contributed by atoms with Crippen LogP contribution < -0.4 is 0 Å². The Hall–Kier alpha value is -0.590. The van der Waals surface area contributed by atoms with Crippen LogP contribution >= 0.6 is 0 Å². The van der Waals surface area contributed by atoms with E-state index in [4.69, 9.17) is 0 Å². The fourth-order valence-electron chi connectivity index (χ4n) is 8.66. The topological polar surface area (TPSA) is 17.1 Å². The summed E-state index contributed by atoms with van der Waals surface area (Å²) in [6.07, 6.45) is 16.5. The molecular weight excluding hydrogens is 352 g/mol. The molecule has 9 atom stereocenters. The predicted octanol–water partition coefficient (Wildman–Crippen LogP) is 7.70. The maximum Gasteiger partial charge on any atom is 0.133 e. The smallest absolute Gasteiger partial charge is 0.133 e. The lowest BCUT2D eigenvalue weighted by Gasteiger charge is -2.60. The minimum absolute atomic E-state index is 0.453. The van der Waals surface area contributed by atoms with Crippen LogP contribution in [-0.2, 0) is 4.79 Å². The van der Waals surface area contributed by atoms with Gasteiger partial charge in [0.05, 0.1) is 0 Å². The second kappa shape index (κ2) is 7.83. The molecule has 0 aromatic carbocycles. The standard InChI is InChI=1S/C28H46O/c1-18(2)19(3)7-8-20(4)24-11-12-25-23-10-9-21-17-22(29)13-15-27(21,5)26(23)14-16-28(24,25)6/h7-8,18-21,23-26H,9-17H2,1-6H3/b8-7+. The van der Waals surface area contributed by atoms with E-state index in [9.17, 15) is 4.79 Å². The second-order valence-corrected chi connectivity index (χ2v) is 12.5. The van der Waals surface area contributed by atoms with Crippen LogP contribution in [0.15, 0.2) is 12.2 Å². The number of allylic oxidation sites excluding steroid dienone is 2. The first kappa shape index (κ1) is 21.6. The number of hydrogen-bond acceptors (Lipinski definition) is 1. The molecule has 0 aromatic heterocycles. The van der Waals surface area contributed by atoms with Gasteiger partial charge < -0.3 is 0 Å². The van der Waals surface area contributed by atoms with E-state index in [0.29, 0.717) is 34.4 Å². The van der Waals surface area contributed by atoms with Crippen LogP contribution in [-0.4, -0.2) is 5.78 Å². The highest BCUT2D eigenvalue weighted by molar-refractivity contribution is 5.79. The zero-order valence-electron chi connectivity index (χ0n) is 20.0. The maximum atomic E-state index is 12.1. The molecule has 0 bridgehead atoms. The van der Waals surface area contributed by atoms with E-state index in [1.54, 1.807) is 0 Å². The lowest BCUT2D eigenvalue weighted by Crippen LogP contribution is -2.53. The van der Waals surface area contributed by atoms with Crippen LogP contribution in [0.1, 0.15) is 99.3 Å². The minimum atomic E-state index is 0.453. The van der Waals surface area contributed by atoms with Gasteiger partial charge in [-0.25, -0.2) is 0 Å². The highest BCUT2D eigenvalue weighted by atomic mass is 16.1. The van der Waals surface area contributed by atoms with Gasteiger partial charge in [-0.15, -0.1) is 0 Å². The Bertz CT molecular complexity index is 647. The van der Waals surface area contributed by atoms with Crippen molar-refractivity contribution in [3.63, 3.8) is 0 Å². The summed E-state index contributed by atoms with van der Waals surface area (Å²) in [5, 5.41) is 0. The molecule has 0 heterocycles. The SMILES string of the molecule is CC(C)C(C)/C=C/C(C)C1CCC2C3CCC4CC(=O)CCC4(C)C3CCC12C. The van der Waals surface area contributed by atoms with Crippen LogP contribution in [0.5, 0.6) is 0 Å². The van der Waals surface area contributed by atoms with Gasteiger partial charge in [0.1, 0.15) is 5.78 Å². The zero-order valence-corrected chi connectivity index (χ0v) is 20.0. The third-order valence-corrected chi connectivity index (χ3v) is 11.0. The van der Waals surface area contributed by atoms with Gasteiger partial charge in [-0.05, 0) is 103 Å². The van der Waals surface area contributed by atoms with Crippen molar-refractivity contribution in [2.75, 3.05) is 0 Å². The molecule has 0 spiro atoms. The third-order valence-electron chi connectivity index (χ3n) is 11.0. The van der Waals surface area contributed by atoms with Gasteiger partial charge >= 0.3 is 0 Å². The quantitative estimate of drug-likeness (QED) is 0.443. The molecule has 164 valence electrons. The van der Waals surface area contributed by atoms with Crippen LogP contribution in [0.3, 0.4) is 0 Å². The molecule has 0 radical (unpaired) electrons. The summed E-state index contributed by atoms with van der Waals surface area (Å²) in [5.41, 5.74) is 0.994. The summed E-state index contributed by atoms with van der Waals surface area (Å²) in [5.74, 6) is 6.97. The largest absolute Gasteiger partial charge is 0.300 e. The Morgan fingerprint density at radius 2 is 1.59 bits per heavy atom. The summed E-state index contributed by atoms with van der Waals surface area (Å²) in [6.45, 7) is 14.8. The maximum absolute atomic E-state index is 12.1. The summed E-state index contributed by atoms with van der Waals surface area (Å²) in [7, 11) is 0. The fraction of sp³-hybridized carbons (Fsp3) is 0.893. The van der Waals surface area contributed by atoms with E-state index in [2.05, 4.69) is 53.7 Å². The molecule has 4 rings (SSSR count). The molecule has 9 unspecified atom stereocenters. The van der Waals surface area contributed by atoms with Gasteiger partial charge in [-0.1, -0.05) is 53.7 Å². The van der Waals surface area contributed by atoms with Gasteiger partial charge in [0.15, 0.2) is 0 Å². The second-order valence-electron chi connectivity index (χ2n) is 12.5. The monoisotopic (exact) mass is 398 g/mol. The van der Waals surface area contributed by atoms with Crippen molar-refractivity contribution >= 4 is 5.78 Å². The zero-order chi connectivity index (χ0) is 21.0. The number of hydrogen-bond donors (Lipinski definition) is 0. The van der Waals surface area contributed by atoms with Crippen molar-refractivity contribution in [1.29, 1.82) is 0 Å². The van der Waals surface area contributed by atoms with Crippen molar-refractivity contribution < 1.29 is 4.79 Å². The van der Waals surface area contributed by atoms with E-state index in [1.807, 2.05) is 0 Å². The van der Waals surface area contributed by atoms with Gasteiger partial charge in [-0.2, -0.15) is 0 Å². The molecular formula is C28H46O. The van der Waals surface area contributed by atoms with Crippen molar-refractivity contribution in [1.82, 2.24) is 0 Å². The lowest BCUT2D eigenvalue weighted by molar-refractivity contribution is -0.140. The molecule has 1 heteroatoms. The highest BCUT2D eigenvalue weighted by Crippen LogP contribution is 2.68. The number of rotatable bonds is 4. The van der Waals surface area contributed by atoms with Crippen molar-refractivity contribution in [2.24, 2.45) is 58.2 Å². The molecule has 4 aliphatic carbocycles. The van der Waals surface area contributed by atoms with Gasteiger partial charge in [0, 0.05) is 12.8 Å². The molecule has 29 heavy (non-hydrogen) atoms. The fourth-order valence-corrected chi connectivity index (χ4v) is 8.66. The number of ketones is 1.